The summed E-state index contributed by atoms with van der Waals surface area (Å²) < 4.78 is 29.2. The molecule has 2 aromatic rings. The smallest absolute Gasteiger partial charge is 0.387 e. The van der Waals surface area contributed by atoms with E-state index in [2.05, 4.69) is 10.1 Å². The molecule has 0 aliphatic heterocycles. The van der Waals surface area contributed by atoms with Crippen molar-refractivity contribution in [2.45, 2.75) is 6.61 Å². The molecule has 0 spiro atoms. The largest absolute Gasteiger partial charge is 0.434 e. The highest BCUT2D eigenvalue weighted by atomic mass is 35.5. The van der Waals surface area contributed by atoms with Crippen LogP contribution in [0.1, 0.15) is 5.56 Å². The number of hydrogen-bond acceptors (Lipinski definition) is 3. The average Bonchev–Trinajstić information content (AvgIpc) is 2.52. The van der Waals surface area contributed by atoms with Gasteiger partial charge in [0, 0.05) is 21.3 Å². The number of para-hydroxylation sites is 1. The molecule has 2 aromatic carbocycles. The molecule has 0 radical (unpaired) electrons. The van der Waals surface area contributed by atoms with Gasteiger partial charge in [0.15, 0.2) is 0 Å². The third kappa shape index (κ3) is 5.45. The quantitative estimate of drug-likeness (QED) is 0.575. The van der Waals surface area contributed by atoms with Crippen molar-refractivity contribution < 1.29 is 18.3 Å². The second-order valence-corrected chi connectivity index (χ2v) is 5.57. The van der Waals surface area contributed by atoms with Crippen LogP contribution >= 0.6 is 23.2 Å². The van der Waals surface area contributed by atoms with Gasteiger partial charge in [-0.3, -0.25) is 4.79 Å². The lowest BCUT2D eigenvalue weighted by Crippen LogP contribution is -2.13. The van der Waals surface area contributed by atoms with E-state index in [0.29, 0.717) is 15.7 Å². The number of amides is 1. The van der Waals surface area contributed by atoms with Crippen LogP contribution in [0.5, 0.6) is 5.75 Å². The van der Waals surface area contributed by atoms with Crippen LogP contribution in [0, 0.1) is 11.3 Å². The van der Waals surface area contributed by atoms with Crippen LogP contribution in [0.15, 0.2) is 48.0 Å². The van der Waals surface area contributed by atoms with Crippen molar-refractivity contribution in [2.24, 2.45) is 0 Å². The zero-order chi connectivity index (χ0) is 18.4. The summed E-state index contributed by atoms with van der Waals surface area (Å²) in [7, 11) is 0. The lowest BCUT2D eigenvalue weighted by molar-refractivity contribution is -0.112. The number of alkyl halides is 2. The highest BCUT2D eigenvalue weighted by molar-refractivity contribution is 6.35. The van der Waals surface area contributed by atoms with Gasteiger partial charge in [0.05, 0.1) is 0 Å². The number of carbonyl (C=O) groups excluding carboxylic acids is 1. The van der Waals surface area contributed by atoms with Gasteiger partial charge in [-0.25, -0.2) is 0 Å². The number of halogens is 4. The Kier molecular flexibility index (Phi) is 6.34. The Balaban J connectivity index is 2.28. The molecule has 0 aromatic heterocycles. The van der Waals surface area contributed by atoms with Crippen LogP contribution in [0.4, 0.5) is 14.5 Å². The first-order chi connectivity index (χ1) is 11.9. The summed E-state index contributed by atoms with van der Waals surface area (Å²) in [6.07, 6.45) is 1.15. The summed E-state index contributed by atoms with van der Waals surface area (Å²) in [4.78, 5) is 12.2. The molecule has 0 atom stereocenters. The van der Waals surface area contributed by atoms with E-state index >= 15 is 0 Å². The maximum Gasteiger partial charge on any atom is 0.387 e. The molecule has 1 N–H and O–H groups in total. The van der Waals surface area contributed by atoms with Gasteiger partial charge < -0.3 is 10.1 Å². The number of nitriles is 1. The first-order valence-corrected chi connectivity index (χ1v) is 7.57. The first-order valence-electron chi connectivity index (χ1n) is 6.82. The van der Waals surface area contributed by atoms with Crippen LogP contribution in [-0.2, 0) is 4.79 Å². The Morgan fingerprint density at radius 3 is 2.44 bits per heavy atom. The highest BCUT2D eigenvalue weighted by Gasteiger charge is 2.13. The second-order valence-electron chi connectivity index (χ2n) is 4.70. The molecule has 0 saturated heterocycles. The Morgan fingerprint density at radius 2 is 1.84 bits per heavy atom. The van der Waals surface area contributed by atoms with Crippen molar-refractivity contribution in [1.29, 1.82) is 5.26 Å². The van der Waals surface area contributed by atoms with E-state index in [9.17, 15) is 18.8 Å². The molecule has 4 nitrogen and oxygen atoms in total. The molecule has 0 aliphatic carbocycles. The number of ether oxygens (including phenoxy) is 1. The van der Waals surface area contributed by atoms with Gasteiger partial charge in [-0.15, -0.1) is 0 Å². The number of nitrogens with one attached hydrogen (secondary N) is 1. The number of carbonyl (C=O) groups is 1. The molecular weight excluding hydrogens is 373 g/mol. The Hall–Kier alpha value is -2.62. The van der Waals surface area contributed by atoms with E-state index < -0.39 is 12.5 Å². The van der Waals surface area contributed by atoms with Crippen molar-refractivity contribution in [1.82, 2.24) is 0 Å². The molecule has 2 rings (SSSR count). The summed E-state index contributed by atoms with van der Waals surface area (Å²) in [5, 5.41) is 12.3. The van der Waals surface area contributed by atoms with Gasteiger partial charge in [0.1, 0.15) is 17.4 Å². The van der Waals surface area contributed by atoms with Crippen LogP contribution in [0.25, 0.3) is 6.08 Å². The minimum absolute atomic E-state index is 0.149. The van der Waals surface area contributed by atoms with Crippen molar-refractivity contribution >= 4 is 40.9 Å². The first kappa shape index (κ1) is 18.7. The van der Waals surface area contributed by atoms with Crippen molar-refractivity contribution in [2.75, 3.05) is 5.32 Å². The van der Waals surface area contributed by atoms with E-state index in [1.807, 2.05) is 0 Å². The van der Waals surface area contributed by atoms with Gasteiger partial charge >= 0.3 is 6.61 Å². The lowest BCUT2D eigenvalue weighted by Gasteiger charge is -2.09. The Morgan fingerprint density at radius 1 is 1.20 bits per heavy atom. The Bertz CT molecular complexity index is 844. The minimum atomic E-state index is -3.03. The van der Waals surface area contributed by atoms with Crippen molar-refractivity contribution in [3.63, 3.8) is 0 Å². The molecule has 0 heterocycles. The van der Waals surface area contributed by atoms with E-state index in [-0.39, 0.29) is 16.9 Å². The number of hydrogen-bond donors (Lipinski definition) is 1. The monoisotopic (exact) mass is 382 g/mol. The molecule has 0 bridgehead atoms. The summed E-state index contributed by atoms with van der Waals surface area (Å²) in [6, 6.07) is 11.9. The zero-order valence-electron chi connectivity index (χ0n) is 12.5. The van der Waals surface area contributed by atoms with Crippen LogP contribution in [0.2, 0.25) is 10.0 Å². The van der Waals surface area contributed by atoms with Crippen LogP contribution < -0.4 is 10.1 Å². The van der Waals surface area contributed by atoms with Gasteiger partial charge in [-0.2, -0.15) is 14.0 Å². The summed E-state index contributed by atoms with van der Waals surface area (Å²) >= 11 is 11.7. The molecule has 0 unspecified atom stereocenters. The number of benzene rings is 2. The molecule has 8 heteroatoms. The van der Waals surface area contributed by atoms with E-state index in [1.54, 1.807) is 12.1 Å². The Labute approximate surface area is 152 Å². The third-order valence-electron chi connectivity index (χ3n) is 2.92. The van der Waals surface area contributed by atoms with Crippen molar-refractivity contribution in [3.8, 4) is 11.8 Å². The summed E-state index contributed by atoms with van der Waals surface area (Å²) in [5.41, 5.74) is 0.154. The lowest BCUT2D eigenvalue weighted by atomic mass is 10.1. The number of rotatable bonds is 5. The van der Waals surface area contributed by atoms with Crippen LogP contribution in [-0.4, -0.2) is 12.5 Å². The fourth-order valence-electron chi connectivity index (χ4n) is 1.93. The molecule has 0 fully saturated rings. The molecule has 0 saturated carbocycles. The van der Waals surface area contributed by atoms with E-state index in [0.717, 1.165) is 6.08 Å². The minimum Gasteiger partial charge on any atom is -0.434 e. The standard InChI is InChI=1S/C17H10Cl2F2N2O2/c18-12-6-13(19)8-14(7-12)23-16(24)11(9-22)5-10-3-1-2-4-15(10)25-17(20)21/h1-8,17H,(H,23,24)/b11-5+. The van der Waals surface area contributed by atoms with Gasteiger partial charge in [0.2, 0.25) is 0 Å². The normalized spacial score (nSPS) is 11.1. The topological polar surface area (TPSA) is 62.1 Å². The average molecular weight is 383 g/mol. The maximum absolute atomic E-state index is 12.4. The second kappa shape index (κ2) is 8.47. The fourth-order valence-corrected chi connectivity index (χ4v) is 2.46. The zero-order valence-corrected chi connectivity index (χ0v) is 14.0. The maximum atomic E-state index is 12.4. The van der Waals surface area contributed by atoms with E-state index in [1.165, 1.54) is 36.4 Å². The predicted molar refractivity (Wildman–Crippen MR) is 91.8 cm³/mol. The molecule has 1 amide bonds. The van der Waals surface area contributed by atoms with Gasteiger partial charge in [0.25, 0.3) is 5.91 Å². The molecule has 128 valence electrons. The SMILES string of the molecule is N#C/C(=C\c1ccccc1OC(F)F)C(=O)Nc1cc(Cl)cc(Cl)c1. The molecule has 25 heavy (non-hydrogen) atoms. The fraction of sp³-hybridized carbons (Fsp3) is 0.0588. The summed E-state index contributed by atoms with van der Waals surface area (Å²) in [6.45, 7) is -3.03. The molecular formula is C17H10Cl2F2N2O2. The third-order valence-corrected chi connectivity index (χ3v) is 3.36. The summed E-state index contributed by atoms with van der Waals surface area (Å²) in [5.74, 6) is -0.892. The highest BCUT2D eigenvalue weighted by Crippen LogP contribution is 2.25. The van der Waals surface area contributed by atoms with Gasteiger partial charge in [-0.05, 0) is 30.3 Å². The number of nitrogens with zero attached hydrogens (tertiary/aromatic N) is 1. The number of anilines is 1. The predicted octanol–water partition coefficient (Wildman–Crippen LogP) is 5.14. The van der Waals surface area contributed by atoms with E-state index in [4.69, 9.17) is 23.2 Å². The molecule has 0 aliphatic rings. The van der Waals surface area contributed by atoms with Gasteiger partial charge in [-0.1, -0.05) is 41.4 Å². The van der Waals surface area contributed by atoms with Crippen molar-refractivity contribution in [3.05, 3.63) is 63.6 Å². The van der Waals surface area contributed by atoms with Crippen LogP contribution in [0.3, 0.4) is 0 Å².